The molecule has 3 nitrogen and oxygen atoms in total. The van der Waals surface area contributed by atoms with Gasteiger partial charge in [0.25, 0.3) is 0 Å². The van der Waals surface area contributed by atoms with Gasteiger partial charge in [-0.05, 0) is 31.4 Å². The van der Waals surface area contributed by atoms with Gasteiger partial charge in [0.05, 0.1) is 6.04 Å². The van der Waals surface area contributed by atoms with Gasteiger partial charge in [-0.2, -0.15) is 0 Å². The quantitative estimate of drug-likeness (QED) is 0.872. The highest BCUT2D eigenvalue weighted by molar-refractivity contribution is 5.85. The SMILES string of the molecule is CCC(NC(=O)CC1CCCN1)c1ccccc1.Cl. The number of hydrogen-bond acceptors (Lipinski definition) is 2. The molecule has 2 rings (SSSR count). The van der Waals surface area contributed by atoms with Crippen LogP contribution in [0.5, 0.6) is 0 Å². The number of amides is 1. The number of benzene rings is 1. The minimum atomic E-state index is 0. The highest BCUT2D eigenvalue weighted by Crippen LogP contribution is 2.17. The van der Waals surface area contributed by atoms with Crippen LogP contribution in [0, 0.1) is 0 Å². The van der Waals surface area contributed by atoms with Crippen LogP contribution in [0.25, 0.3) is 0 Å². The summed E-state index contributed by atoms with van der Waals surface area (Å²) >= 11 is 0. The number of nitrogens with one attached hydrogen (secondary N) is 2. The molecule has 1 amide bonds. The van der Waals surface area contributed by atoms with Crippen LogP contribution in [0.2, 0.25) is 0 Å². The second-order valence-electron chi connectivity index (χ2n) is 4.94. The van der Waals surface area contributed by atoms with Gasteiger partial charge < -0.3 is 10.6 Å². The highest BCUT2D eigenvalue weighted by atomic mass is 35.5. The summed E-state index contributed by atoms with van der Waals surface area (Å²) in [6, 6.07) is 10.7. The average Bonchev–Trinajstić information content (AvgIpc) is 2.90. The Hall–Kier alpha value is -1.06. The lowest BCUT2D eigenvalue weighted by atomic mass is 10.0. The molecule has 2 atom stereocenters. The van der Waals surface area contributed by atoms with Crippen molar-refractivity contribution in [1.29, 1.82) is 0 Å². The van der Waals surface area contributed by atoms with E-state index in [4.69, 9.17) is 0 Å². The lowest BCUT2D eigenvalue weighted by Gasteiger charge is -2.19. The molecule has 1 saturated heterocycles. The molecule has 1 aliphatic rings. The third-order valence-electron chi connectivity index (χ3n) is 3.54. The number of carbonyl (C=O) groups excluding carboxylic acids is 1. The van der Waals surface area contributed by atoms with Crippen molar-refractivity contribution < 1.29 is 4.79 Å². The molecule has 1 aliphatic heterocycles. The van der Waals surface area contributed by atoms with Gasteiger partial charge in [-0.1, -0.05) is 37.3 Å². The molecule has 0 bridgehead atoms. The molecule has 0 aliphatic carbocycles. The number of hydrogen-bond donors (Lipinski definition) is 2. The van der Waals surface area contributed by atoms with Crippen molar-refractivity contribution in [2.24, 2.45) is 0 Å². The van der Waals surface area contributed by atoms with Crippen LogP contribution in [0.15, 0.2) is 30.3 Å². The van der Waals surface area contributed by atoms with Gasteiger partial charge in [0.2, 0.25) is 5.91 Å². The molecule has 2 N–H and O–H groups in total. The second-order valence-corrected chi connectivity index (χ2v) is 4.94. The predicted molar refractivity (Wildman–Crippen MR) is 80.5 cm³/mol. The maximum atomic E-state index is 12.0. The first-order chi connectivity index (χ1) is 8.79. The molecule has 1 fully saturated rings. The predicted octanol–water partition coefficient (Wildman–Crippen LogP) is 2.82. The fraction of sp³-hybridized carbons (Fsp3) is 0.533. The monoisotopic (exact) mass is 282 g/mol. The summed E-state index contributed by atoms with van der Waals surface area (Å²) in [5, 5.41) is 6.49. The molecule has 2 unspecified atom stereocenters. The van der Waals surface area contributed by atoms with Crippen molar-refractivity contribution in [2.75, 3.05) is 6.54 Å². The summed E-state index contributed by atoms with van der Waals surface area (Å²) in [4.78, 5) is 12.0. The van der Waals surface area contributed by atoms with Crippen molar-refractivity contribution in [3.8, 4) is 0 Å². The summed E-state index contributed by atoms with van der Waals surface area (Å²) in [5.74, 6) is 0.158. The Kier molecular flexibility index (Phi) is 6.89. The molecule has 1 aromatic carbocycles. The molecule has 0 saturated carbocycles. The van der Waals surface area contributed by atoms with E-state index in [9.17, 15) is 4.79 Å². The Morgan fingerprint density at radius 2 is 2.16 bits per heavy atom. The van der Waals surface area contributed by atoms with E-state index < -0.39 is 0 Å². The molecule has 0 spiro atoms. The summed E-state index contributed by atoms with van der Waals surface area (Å²) in [7, 11) is 0. The van der Waals surface area contributed by atoms with Crippen molar-refractivity contribution in [3.05, 3.63) is 35.9 Å². The molecule has 106 valence electrons. The number of rotatable bonds is 5. The standard InChI is InChI=1S/C15H22N2O.ClH/c1-2-14(12-7-4-3-5-8-12)17-15(18)11-13-9-6-10-16-13;/h3-5,7-8,13-14,16H,2,6,9-11H2,1H3,(H,17,18);1H. The summed E-state index contributed by atoms with van der Waals surface area (Å²) < 4.78 is 0. The first-order valence-electron chi connectivity index (χ1n) is 6.87. The Morgan fingerprint density at radius 3 is 2.74 bits per heavy atom. The van der Waals surface area contributed by atoms with Crippen LogP contribution < -0.4 is 10.6 Å². The molecular weight excluding hydrogens is 260 g/mol. The molecule has 0 aromatic heterocycles. The van der Waals surface area contributed by atoms with Crippen LogP contribution >= 0.6 is 12.4 Å². The lowest BCUT2D eigenvalue weighted by Crippen LogP contribution is -2.34. The fourth-order valence-electron chi connectivity index (χ4n) is 2.51. The first kappa shape index (κ1) is 16.0. The maximum absolute atomic E-state index is 12.0. The number of halogens is 1. The smallest absolute Gasteiger partial charge is 0.222 e. The van der Waals surface area contributed by atoms with Crippen LogP contribution in [0.3, 0.4) is 0 Å². The highest BCUT2D eigenvalue weighted by Gasteiger charge is 2.19. The third-order valence-corrected chi connectivity index (χ3v) is 3.54. The topological polar surface area (TPSA) is 41.1 Å². The first-order valence-corrected chi connectivity index (χ1v) is 6.87. The van der Waals surface area contributed by atoms with E-state index in [1.165, 1.54) is 12.0 Å². The summed E-state index contributed by atoms with van der Waals surface area (Å²) in [5.41, 5.74) is 1.19. The molecule has 1 heterocycles. The molecular formula is C15H23ClN2O. The van der Waals surface area contributed by atoms with Crippen molar-refractivity contribution >= 4 is 18.3 Å². The normalized spacial score (nSPS) is 19.5. The fourth-order valence-corrected chi connectivity index (χ4v) is 2.51. The van der Waals surface area contributed by atoms with E-state index in [1.807, 2.05) is 18.2 Å². The maximum Gasteiger partial charge on any atom is 0.222 e. The zero-order valence-electron chi connectivity index (χ0n) is 11.4. The van der Waals surface area contributed by atoms with E-state index in [1.54, 1.807) is 0 Å². The van der Waals surface area contributed by atoms with Gasteiger partial charge in [-0.3, -0.25) is 4.79 Å². The zero-order valence-corrected chi connectivity index (χ0v) is 12.2. The summed E-state index contributed by atoms with van der Waals surface area (Å²) in [6.45, 7) is 3.15. The largest absolute Gasteiger partial charge is 0.349 e. The number of carbonyl (C=O) groups is 1. The average molecular weight is 283 g/mol. The van der Waals surface area contributed by atoms with Crippen LogP contribution in [-0.2, 0) is 4.79 Å². The second kappa shape index (κ2) is 8.18. The Labute approximate surface area is 121 Å². The third kappa shape index (κ3) is 4.84. The van der Waals surface area contributed by atoms with Crippen molar-refractivity contribution in [3.63, 3.8) is 0 Å². The van der Waals surface area contributed by atoms with Crippen LogP contribution in [0.4, 0.5) is 0 Å². The zero-order chi connectivity index (χ0) is 12.8. The van der Waals surface area contributed by atoms with Gasteiger partial charge in [0, 0.05) is 12.5 Å². The van der Waals surface area contributed by atoms with Crippen molar-refractivity contribution in [2.45, 2.75) is 44.7 Å². The van der Waals surface area contributed by atoms with E-state index in [2.05, 4.69) is 29.7 Å². The van der Waals surface area contributed by atoms with E-state index in [-0.39, 0.29) is 24.4 Å². The van der Waals surface area contributed by atoms with Crippen LogP contribution in [-0.4, -0.2) is 18.5 Å². The molecule has 1 aromatic rings. The molecule has 0 radical (unpaired) electrons. The Balaban J connectivity index is 0.00000180. The van der Waals surface area contributed by atoms with Gasteiger partial charge in [0.15, 0.2) is 0 Å². The van der Waals surface area contributed by atoms with E-state index in [0.29, 0.717) is 12.5 Å². The molecule has 19 heavy (non-hydrogen) atoms. The van der Waals surface area contributed by atoms with Gasteiger partial charge >= 0.3 is 0 Å². The summed E-state index contributed by atoms with van der Waals surface area (Å²) in [6.07, 6.45) is 3.83. The van der Waals surface area contributed by atoms with Crippen molar-refractivity contribution in [1.82, 2.24) is 10.6 Å². The lowest BCUT2D eigenvalue weighted by molar-refractivity contribution is -0.122. The van der Waals surface area contributed by atoms with E-state index >= 15 is 0 Å². The van der Waals surface area contributed by atoms with E-state index in [0.717, 1.165) is 19.4 Å². The van der Waals surface area contributed by atoms with Gasteiger partial charge in [-0.15, -0.1) is 12.4 Å². The minimum Gasteiger partial charge on any atom is -0.349 e. The van der Waals surface area contributed by atoms with Crippen LogP contribution in [0.1, 0.15) is 44.2 Å². The minimum absolute atomic E-state index is 0. The van der Waals surface area contributed by atoms with Gasteiger partial charge in [-0.25, -0.2) is 0 Å². The Morgan fingerprint density at radius 1 is 1.42 bits per heavy atom. The molecule has 4 heteroatoms. The van der Waals surface area contributed by atoms with Gasteiger partial charge in [0.1, 0.15) is 0 Å². The Bertz CT molecular complexity index is 377.